The standard InChI is InChI=1S/C7H15NO.C5H11N/c1-2-8-5-3-7(9)4-6-8;1-6-5-3-2-4-5/h7,9H,2-6H2,1H3;5-6H,2-4H2,1H3. The Labute approximate surface area is 93.9 Å². The molecule has 0 bridgehead atoms. The van der Waals surface area contributed by atoms with Gasteiger partial charge in [0.05, 0.1) is 6.10 Å². The Morgan fingerprint density at radius 2 is 1.80 bits per heavy atom. The molecule has 2 rings (SSSR count). The van der Waals surface area contributed by atoms with Gasteiger partial charge in [-0.05, 0) is 39.3 Å². The number of hydrogen-bond acceptors (Lipinski definition) is 3. The van der Waals surface area contributed by atoms with Crippen molar-refractivity contribution in [3.63, 3.8) is 0 Å². The van der Waals surface area contributed by atoms with Crippen LogP contribution in [0.25, 0.3) is 0 Å². The minimum absolute atomic E-state index is 0.0206. The van der Waals surface area contributed by atoms with Gasteiger partial charge >= 0.3 is 0 Å². The fraction of sp³-hybridized carbons (Fsp3) is 1.00. The van der Waals surface area contributed by atoms with E-state index in [1.54, 1.807) is 0 Å². The first kappa shape index (κ1) is 12.9. The third-order valence-electron chi connectivity index (χ3n) is 3.52. The van der Waals surface area contributed by atoms with Crippen molar-refractivity contribution in [2.24, 2.45) is 0 Å². The largest absolute Gasteiger partial charge is 0.393 e. The normalized spacial score (nSPS) is 24.2. The van der Waals surface area contributed by atoms with Crippen LogP contribution in [0.2, 0.25) is 0 Å². The highest BCUT2D eigenvalue weighted by atomic mass is 16.3. The quantitative estimate of drug-likeness (QED) is 0.725. The Balaban J connectivity index is 0.000000162. The summed E-state index contributed by atoms with van der Waals surface area (Å²) < 4.78 is 0. The molecule has 1 aliphatic heterocycles. The minimum atomic E-state index is -0.0206. The van der Waals surface area contributed by atoms with Gasteiger partial charge < -0.3 is 15.3 Å². The summed E-state index contributed by atoms with van der Waals surface area (Å²) in [5.74, 6) is 0. The second-order valence-electron chi connectivity index (χ2n) is 4.58. The van der Waals surface area contributed by atoms with Gasteiger partial charge in [-0.3, -0.25) is 0 Å². The van der Waals surface area contributed by atoms with Crippen LogP contribution in [-0.4, -0.2) is 48.8 Å². The van der Waals surface area contributed by atoms with E-state index in [1.165, 1.54) is 19.3 Å². The zero-order chi connectivity index (χ0) is 11.1. The van der Waals surface area contributed by atoms with Crippen LogP contribution in [0.1, 0.15) is 39.0 Å². The first-order chi connectivity index (χ1) is 7.26. The number of nitrogens with zero attached hydrogens (tertiary/aromatic N) is 1. The van der Waals surface area contributed by atoms with Gasteiger partial charge in [0.1, 0.15) is 0 Å². The third-order valence-corrected chi connectivity index (χ3v) is 3.52. The van der Waals surface area contributed by atoms with E-state index >= 15 is 0 Å². The Bertz CT molecular complexity index is 149. The maximum atomic E-state index is 9.10. The summed E-state index contributed by atoms with van der Waals surface area (Å²) in [5.41, 5.74) is 0. The predicted molar refractivity (Wildman–Crippen MR) is 64.1 cm³/mol. The zero-order valence-corrected chi connectivity index (χ0v) is 10.2. The Morgan fingerprint density at radius 3 is 2.07 bits per heavy atom. The highest BCUT2D eigenvalue weighted by Gasteiger charge is 2.14. The summed E-state index contributed by atoms with van der Waals surface area (Å²) in [6.07, 6.45) is 6.15. The van der Waals surface area contributed by atoms with Gasteiger partial charge in [-0.15, -0.1) is 0 Å². The highest BCUT2D eigenvalue weighted by Crippen LogP contribution is 2.16. The summed E-state index contributed by atoms with van der Waals surface area (Å²) >= 11 is 0. The van der Waals surface area contributed by atoms with Gasteiger partial charge in [0.25, 0.3) is 0 Å². The first-order valence-corrected chi connectivity index (χ1v) is 6.34. The van der Waals surface area contributed by atoms with E-state index in [-0.39, 0.29) is 6.10 Å². The summed E-state index contributed by atoms with van der Waals surface area (Å²) in [7, 11) is 2.03. The molecule has 2 aliphatic rings. The molecule has 3 heteroatoms. The lowest BCUT2D eigenvalue weighted by Crippen LogP contribution is -2.35. The summed E-state index contributed by atoms with van der Waals surface area (Å²) in [6, 6.07) is 0.866. The second kappa shape index (κ2) is 7.20. The molecular formula is C12H26N2O. The summed E-state index contributed by atoms with van der Waals surface area (Å²) in [4.78, 5) is 2.37. The van der Waals surface area contributed by atoms with E-state index in [0.717, 1.165) is 38.5 Å². The Kier molecular flexibility index (Phi) is 6.22. The molecule has 0 atom stereocenters. The minimum Gasteiger partial charge on any atom is -0.393 e. The maximum absolute atomic E-state index is 9.10. The van der Waals surface area contributed by atoms with Crippen molar-refractivity contribution < 1.29 is 5.11 Å². The lowest BCUT2D eigenvalue weighted by Gasteiger charge is -2.27. The number of hydrogen-bond donors (Lipinski definition) is 2. The van der Waals surface area contributed by atoms with Gasteiger partial charge in [-0.1, -0.05) is 13.3 Å². The molecule has 15 heavy (non-hydrogen) atoms. The molecule has 1 saturated heterocycles. The lowest BCUT2D eigenvalue weighted by atomic mass is 9.94. The van der Waals surface area contributed by atoms with E-state index < -0.39 is 0 Å². The van der Waals surface area contributed by atoms with Gasteiger partial charge in [0.15, 0.2) is 0 Å². The molecule has 0 radical (unpaired) electrons. The molecule has 2 fully saturated rings. The van der Waals surface area contributed by atoms with Gasteiger partial charge in [-0.25, -0.2) is 0 Å². The number of aliphatic hydroxyl groups excluding tert-OH is 1. The van der Waals surface area contributed by atoms with Gasteiger partial charge in [0, 0.05) is 19.1 Å². The summed E-state index contributed by atoms with van der Waals surface area (Å²) in [6.45, 7) is 5.46. The van der Waals surface area contributed by atoms with Crippen molar-refractivity contribution >= 4 is 0 Å². The predicted octanol–water partition coefficient (Wildman–Crippen LogP) is 1.22. The molecule has 0 aromatic carbocycles. The molecule has 0 spiro atoms. The number of piperidine rings is 1. The maximum Gasteiger partial charge on any atom is 0.0564 e. The zero-order valence-electron chi connectivity index (χ0n) is 10.2. The van der Waals surface area contributed by atoms with Gasteiger partial charge in [-0.2, -0.15) is 0 Å². The van der Waals surface area contributed by atoms with E-state index in [9.17, 15) is 0 Å². The van der Waals surface area contributed by atoms with Crippen LogP contribution in [0.3, 0.4) is 0 Å². The average molecular weight is 214 g/mol. The monoisotopic (exact) mass is 214 g/mol. The summed E-state index contributed by atoms with van der Waals surface area (Å²) in [5, 5.41) is 12.3. The van der Waals surface area contributed by atoms with Crippen LogP contribution in [0, 0.1) is 0 Å². The van der Waals surface area contributed by atoms with Crippen LogP contribution >= 0.6 is 0 Å². The van der Waals surface area contributed by atoms with Crippen molar-refractivity contribution in [2.45, 2.75) is 51.2 Å². The van der Waals surface area contributed by atoms with Crippen LogP contribution in [0.15, 0.2) is 0 Å². The smallest absolute Gasteiger partial charge is 0.0564 e. The number of aliphatic hydroxyl groups is 1. The Morgan fingerprint density at radius 1 is 1.20 bits per heavy atom. The SMILES string of the molecule is CCN1CCC(O)CC1.CNC1CCC1. The molecule has 0 unspecified atom stereocenters. The highest BCUT2D eigenvalue weighted by molar-refractivity contribution is 4.73. The fourth-order valence-corrected chi connectivity index (χ4v) is 1.93. The molecule has 3 nitrogen and oxygen atoms in total. The molecule has 1 aliphatic carbocycles. The van der Waals surface area contributed by atoms with Crippen LogP contribution in [-0.2, 0) is 0 Å². The van der Waals surface area contributed by atoms with Crippen LogP contribution < -0.4 is 5.32 Å². The van der Waals surface area contributed by atoms with Crippen molar-refractivity contribution in [1.29, 1.82) is 0 Å². The molecule has 1 saturated carbocycles. The van der Waals surface area contributed by atoms with Crippen LogP contribution in [0.5, 0.6) is 0 Å². The topological polar surface area (TPSA) is 35.5 Å². The number of rotatable bonds is 2. The van der Waals surface area contributed by atoms with Crippen molar-refractivity contribution in [3.8, 4) is 0 Å². The fourth-order valence-electron chi connectivity index (χ4n) is 1.93. The van der Waals surface area contributed by atoms with Crippen molar-refractivity contribution in [2.75, 3.05) is 26.7 Å². The second-order valence-corrected chi connectivity index (χ2v) is 4.58. The van der Waals surface area contributed by atoms with Crippen molar-refractivity contribution in [3.05, 3.63) is 0 Å². The molecule has 0 aromatic heterocycles. The van der Waals surface area contributed by atoms with Gasteiger partial charge in [0.2, 0.25) is 0 Å². The van der Waals surface area contributed by atoms with E-state index in [4.69, 9.17) is 5.11 Å². The van der Waals surface area contributed by atoms with E-state index in [1.807, 2.05) is 7.05 Å². The molecule has 0 aromatic rings. The average Bonchev–Trinajstić information content (AvgIpc) is 2.18. The van der Waals surface area contributed by atoms with E-state index in [0.29, 0.717) is 0 Å². The van der Waals surface area contributed by atoms with E-state index in [2.05, 4.69) is 17.1 Å². The lowest BCUT2D eigenvalue weighted by molar-refractivity contribution is 0.0852. The molecular weight excluding hydrogens is 188 g/mol. The first-order valence-electron chi connectivity index (χ1n) is 6.34. The number of nitrogens with one attached hydrogen (secondary N) is 1. The van der Waals surface area contributed by atoms with Crippen LogP contribution in [0.4, 0.5) is 0 Å². The Hall–Kier alpha value is -0.120. The molecule has 2 N–H and O–H groups in total. The molecule has 0 amide bonds. The van der Waals surface area contributed by atoms with Crippen molar-refractivity contribution in [1.82, 2.24) is 10.2 Å². The molecule has 1 heterocycles. The molecule has 90 valence electrons. The number of likely N-dealkylation sites (tertiary alicyclic amines) is 1. The third kappa shape index (κ3) is 4.96.